The number of hydrogen-bond donors (Lipinski definition) is 0. The molecule has 4 rings (SSSR count). The van der Waals surface area contributed by atoms with Gasteiger partial charge in [-0.1, -0.05) is 147 Å². The molecule has 0 aromatic heterocycles. The molecule has 0 heterocycles. The Morgan fingerprint density at radius 1 is 0.565 bits per heavy atom. The van der Waals surface area contributed by atoms with Crippen molar-refractivity contribution >= 4 is 23.6 Å². The smallest absolute Gasteiger partial charge is 1.00 e. The van der Waals surface area contributed by atoms with Crippen molar-refractivity contribution in [2.75, 3.05) is 0 Å². The quantitative estimate of drug-likeness (QED) is 0.193. The third kappa shape index (κ3) is 9.13. The molecule has 0 saturated heterocycles. The summed E-state index contributed by atoms with van der Waals surface area (Å²) in [6.45, 7) is 30.5. The van der Waals surface area contributed by atoms with Crippen molar-refractivity contribution in [3.63, 3.8) is 0 Å². The minimum atomic E-state index is -2.80. The predicted molar refractivity (Wildman–Crippen MR) is 189 cm³/mol. The molecule has 0 aliphatic heterocycles. The molecule has 0 radical (unpaired) electrons. The maximum absolute atomic E-state index is 4.07. The van der Waals surface area contributed by atoms with Crippen LogP contribution in [0.25, 0.3) is 0 Å². The second-order valence-corrected chi connectivity index (χ2v) is 19.5. The van der Waals surface area contributed by atoms with Crippen LogP contribution in [-0.2, 0) is 45.4 Å². The third-order valence-corrected chi connectivity index (χ3v) is 13.8. The minimum Gasteiger partial charge on any atom is -1.00 e. The fourth-order valence-electron chi connectivity index (χ4n) is 6.69. The number of allylic oxidation sites excluding steroid dienone is 4. The van der Waals surface area contributed by atoms with Gasteiger partial charge in [0.1, 0.15) is 8.07 Å². The van der Waals surface area contributed by atoms with Crippen molar-refractivity contribution in [1.82, 2.24) is 0 Å². The van der Waals surface area contributed by atoms with Gasteiger partial charge in [-0.05, 0) is 75.3 Å². The van der Waals surface area contributed by atoms with Gasteiger partial charge in [-0.25, -0.2) is 5.20 Å². The zero-order chi connectivity index (χ0) is 31.3. The van der Waals surface area contributed by atoms with Crippen molar-refractivity contribution in [2.45, 2.75) is 120 Å². The summed E-state index contributed by atoms with van der Waals surface area (Å²) in [5, 5.41) is 5.97. The van der Waals surface area contributed by atoms with E-state index in [-0.39, 0.29) is 75.2 Å². The van der Waals surface area contributed by atoms with Gasteiger partial charge in [0.25, 0.3) is 0 Å². The fourth-order valence-corrected chi connectivity index (χ4v) is 12.2. The van der Waals surface area contributed by atoms with E-state index in [0.717, 1.165) is 19.3 Å². The average molecular weight is 730 g/mol. The van der Waals surface area contributed by atoms with E-state index < -0.39 is 8.07 Å². The summed E-state index contributed by atoms with van der Waals surface area (Å²) in [6, 6.07) is 22.6. The van der Waals surface area contributed by atoms with Gasteiger partial charge in [-0.15, -0.1) is 6.42 Å². The van der Waals surface area contributed by atoms with E-state index in [1.165, 1.54) is 59.7 Å². The van der Waals surface area contributed by atoms with Gasteiger partial charge >= 0.3 is 21.7 Å². The molecule has 3 aromatic rings. The topological polar surface area (TPSA) is 0 Å². The molecule has 0 amide bonds. The Labute approximate surface area is 316 Å². The van der Waals surface area contributed by atoms with E-state index in [1.54, 1.807) is 0 Å². The number of rotatable bonds is 6. The second-order valence-electron chi connectivity index (χ2n) is 15.8. The van der Waals surface area contributed by atoms with Crippen LogP contribution in [0.4, 0.5) is 0 Å². The van der Waals surface area contributed by atoms with Gasteiger partial charge in [0.15, 0.2) is 0 Å². The Hall–Kier alpha value is -1.06. The largest absolute Gasteiger partial charge is 4.00 e. The summed E-state index contributed by atoms with van der Waals surface area (Å²) >= 11 is 0. The standard InChI is InChI=1S/C41H55Si.3ClH.Ti/c1-14-30-22-31(15-2)24-35(23-30)42(34-20-28(3)19-29(4)21-34,38-18-16-17-37(38)41(11,12)13)36-26-32(39(5,6)7)25-33(27-36)40(8,9)10;;;;/h17,19-27H,14-16H2,1-13H3;3*1H;/q-1;;;;+4/p-3. The summed E-state index contributed by atoms with van der Waals surface area (Å²) in [5.41, 5.74) is 9.99. The van der Waals surface area contributed by atoms with Gasteiger partial charge in [0, 0.05) is 0 Å². The summed E-state index contributed by atoms with van der Waals surface area (Å²) < 4.78 is 0. The van der Waals surface area contributed by atoms with Crippen molar-refractivity contribution in [2.24, 2.45) is 5.41 Å². The Balaban J connectivity index is 0.00000506. The van der Waals surface area contributed by atoms with Crippen molar-refractivity contribution < 1.29 is 58.9 Å². The average Bonchev–Trinajstić information content (AvgIpc) is 3.38. The van der Waals surface area contributed by atoms with Crippen LogP contribution < -0.4 is 52.8 Å². The predicted octanol–water partition coefficient (Wildman–Crippen LogP) is 0.148. The maximum Gasteiger partial charge on any atom is 4.00 e. The van der Waals surface area contributed by atoms with Crippen LogP contribution in [0.15, 0.2) is 71.4 Å². The van der Waals surface area contributed by atoms with Crippen molar-refractivity contribution in [3.05, 3.63) is 111 Å². The van der Waals surface area contributed by atoms with Crippen LogP contribution in [-0.4, -0.2) is 8.07 Å². The Morgan fingerprint density at radius 3 is 1.37 bits per heavy atom. The number of benzene rings is 3. The Kier molecular flexibility index (Phi) is 16.2. The van der Waals surface area contributed by atoms with Crippen LogP contribution in [0.2, 0.25) is 0 Å². The molecule has 1 aliphatic rings. The summed E-state index contributed by atoms with van der Waals surface area (Å²) in [4.78, 5) is 0. The molecule has 248 valence electrons. The SMILES string of the molecule is CCc1cc(CC)cc([Si](C2=[C-]CC=C2C(C)(C)C)(c2cc(C)cc(C)c2)c2cc(C(C)(C)C)cc(C(C)(C)C)c2)c1.[Cl-].[Cl-].[Cl-].[Ti+4]. The first-order valence-electron chi connectivity index (χ1n) is 16.1. The first kappa shape index (κ1) is 44.9. The van der Waals surface area contributed by atoms with Gasteiger partial charge in [-0.3, -0.25) is 6.08 Å². The molecule has 0 bridgehead atoms. The van der Waals surface area contributed by atoms with Gasteiger partial charge in [0.05, 0.1) is 0 Å². The van der Waals surface area contributed by atoms with Gasteiger partial charge < -0.3 is 37.2 Å². The second kappa shape index (κ2) is 16.6. The van der Waals surface area contributed by atoms with Gasteiger partial charge in [0.2, 0.25) is 0 Å². The normalized spacial score (nSPS) is 14.5. The van der Waals surface area contributed by atoms with Crippen LogP contribution in [0.1, 0.15) is 116 Å². The van der Waals surface area contributed by atoms with E-state index >= 15 is 0 Å². The molecule has 0 spiro atoms. The minimum absolute atomic E-state index is 0. The van der Waals surface area contributed by atoms with Crippen LogP contribution in [0.3, 0.4) is 0 Å². The molecule has 3 aromatic carbocycles. The maximum atomic E-state index is 4.07. The van der Waals surface area contributed by atoms with Crippen LogP contribution in [0.5, 0.6) is 0 Å². The molecule has 0 saturated carbocycles. The molecule has 0 N–H and O–H groups in total. The molecule has 0 nitrogen and oxygen atoms in total. The van der Waals surface area contributed by atoms with E-state index in [0.29, 0.717) is 0 Å². The number of hydrogen-bond acceptors (Lipinski definition) is 0. The summed E-state index contributed by atoms with van der Waals surface area (Å²) in [5.74, 6) is 0. The summed E-state index contributed by atoms with van der Waals surface area (Å²) in [6.07, 6.45) is 9.51. The molecular formula is C41H55Cl3SiTi. The summed E-state index contributed by atoms with van der Waals surface area (Å²) in [7, 11) is -2.80. The van der Waals surface area contributed by atoms with Gasteiger partial charge in [-0.2, -0.15) is 11.6 Å². The number of halogens is 3. The fraction of sp³-hybridized carbons (Fsp3) is 0.463. The Bertz CT molecular complexity index is 1470. The first-order valence-corrected chi connectivity index (χ1v) is 18.1. The molecule has 1 unspecified atom stereocenters. The molecule has 1 aliphatic carbocycles. The van der Waals surface area contributed by atoms with Crippen LogP contribution in [0, 0.1) is 25.3 Å². The monoisotopic (exact) mass is 728 g/mol. The Morgan fingerprint density at radius 2 is 0.978 bits per heavy atom. The zero-order valence-electron chi connectivity index (χ0n) is 30.5. The molecule has 46 heavy (non-hydrogen) atoms. The first-order chi connectivity index (χ1) is 19.4. The van der Waals surface area contributed by atoms with E-state index in [2.05, 4.69) is 157 Å². The zero-order valence-corrected chi connectivity index (χ0v) is 35.4. The molecular weight excluding hydrogens is 675 g/mol. The number of aryl methyl sites for hydroxylation is 4. The van der Waals surface area contributed by atoms with E-state index in [4.69, 9.17) is 0 Å². The van der Waals surface area contributed by atoms with Crippen molar-refractivity contribution in [3.8, 4) is 0 Å². The molecule has 0 fully saturated rings. The van der Waals surface area contributed by atoms with E-state index in [9.17, 15) is 0 Å². The van der Waals surface area contributed by atoms with Crippen LogP contribution >= 0.6 is 0 Å². The molecule has 1 atom stereocenters. The molecule has 5 heteroatoms. The van der Waals surface area contributed by atoms with E-state index in [1.807, 2.05) is 0 Å². The van der Waals surface area contributed by atoms with Crippen molar-refractivity contribution in [1.29, 1.82) is 0 Å². The third-order valence-electron chi connectivity index (χ3n) is 9.09.